The first-order valence-corrected chi connectivity index (χ1v) is 7.70. The van der Waals surface area contributed by atoms with Gasteiger partial charge in [0.05, 0.1) is 0 Å². The summed E-state index contributed by atoms with van der Waals surface area (Å²) in [5, 5.41) is 0. The number of aromatic amines is 1. The number of rotatable bonds is 4. The van der Waals surface area contributed by atoms with Gasteiger partial charge in [0.2, 0.25) is 0 Å². The van der Waals surface area contributed by atoms with Crippen molar-refractivity contribution >= 4 is 7.60 Å². The predicted molar refractivity (Wildman–Crippen MR) is 67.2 cm³/mol. The third-order valence-corrected chi connectivity index (χ3v) is 3.33. The van der Waals surface area contributed by atoms with Crippen LogP contribution < -0.4 is 11.2 Å². The van der Waals surface area contributed by atoms with E-state index in [1.807, 2.05) is 0 Å². The molecule has 9 nitrogen and oxygen atoms in total. The molecule has 0 aliphatic carbocycles. The Morgan fingerprint density at radius 1 is 1.50 bits per heavy atom. The summed E-state index contributed by atoms with van der Waals surface area (Å²) < 4.78 is 22.3. The summed E-state index contributed by atoms with van der Waals surface area (Å²) in [4.78, 5) is 42.5. The fourth-order valence-corrected chi connectivity index (χ4v) is 2.26. The van der Waals surface area contributed by atoms with E-state index in [-0.39, 0.29) is 0 Å². The maximum Gasteiger partial charge on any atom is 0.351 e. The van der Waals surface area contributed by atoms with Crippen LogP contribution in [0.15, 0.2) is 15.8 Å². The van der Waals surface area contributed by atoms with E-state index in [0.29, 0.717) is 18.4 Å². The van der Waals surface area contributed by atoms with Crippen molar-refractivity contribution in [3.8, 4) is 0 Å². The van der Waals surface area contributed by atoms with Crippen molar-refractivity contribution in [2.24, 2.45) is 0 Å². The number of aryl methyl sites for hydroxylation is 1. The van der Waals surface area contributed by atoms with E-state index in [9.17, 15) is 14.2 Å². The molecule has 2 atom stereocenters. The van der Waals surface area contributed by atoms with Crippen LogP contribution in [0.4, 0.5) is 0 Å². The minimum absolute atomic E-state index is 0.368. The van der Waals surface area contributed by atoms with E-state index in [0.717, 1.165) is 0 Å². The Labute approximate surface area is 113 Å². The number of aromatic nitrogens is 2. The summed E-state index contributed by atoms with van der Waals surface area (Å²) in [5.41, 5.74) is -0.687. The first-order chi connectivity index (χ1) is 9.26. The minimum atomic E-state index is -4.25. The van der Waals surface area contributed by atoms with Crippen molar-refractivity contribution in [1.29, 1.82) is 0 Å². The number of nitrogens with zero attached hydrogens (tertiary/aromatic N) is 1. The molecule has 0 aromatic carbocycles. The van der Waals surface area contributed by atoms with E-state index >= 15 is 0 Å². The lowest BCUT2D eigenvalue weighted by Crippen LogP contribution is -2.33. The molecule has 0 spiro atoms. The number of hydrogen-bond donors (Lipinski definition) is 3. The van der Waals surface area contributed by atoms with Gasteiger partial charge < -0.3 is 19.3 Å². The summed E-state index contributed by atoms with van der Waals surface area (Å²) in [6, 6.07) is 0. The summed E-state index contributed by atoms with van der Waals surface area (Å²) >= 11 is 0. The molecule has 10 heteroatoms. The van der Waals surface area contributed by atoms with Gasteiger partial charge in [-0.15, -0.1) is 0 Å². The summed E-state index contributed by atoms with van der Waals surface area (Å²) in [6.45, 7) is 1.56. The maximum atomic E-state index is 11.7. The number of hydrogen-bond acceptors (Lipinski definition) is 5. The van der Waals surface area contributed by atoms with Gasteiger partial charge in [0.25, 0.3) is 5.56 Å². The molecule has 20 heavy (non-hydrogen) atoms. The van der Waals surface area contributed by atoms with Gasteiger partial charge >= 0.3 is 13.3 Å². The van der Waals surface area contributed by atoms with Crippen LogP contribution in [0, 0.1) is 6.92 Å². The van der Waals surface area contributed by atoms with Crippen LogP contribution >= 0.6 is 7.60 Å². The SMILES string of the molecule is Cc1cn([C@H]2CCC(OCP(=O)(O)O)O2)c(=O)[nH]c1=O. The summed E-state index contributed by atoms with van der Waals surface area (Å²) in [6.07, 6.45) is 0.0831. The first-order valence-electron chi connectivity index (χ1n) is 5.90. The molecule has 1 saturated heterocycles. The minimum Gasteiger partial charge on any atom is -0.340 e. The predicted octanol–water partition coefficient (Wildman–Crippen LogP) is -0.368. The van der Waals surface area contributed by atoms with Crippen molar-refractivity contribution in [2.45, 2.75) is 32.3 Å². The third kappa shape index (κ3) is 3.65. The highest BCUT2D eigenvalue weighted by molar-refractivity contribution is 7.51. The van der Waals surface area contributed by atoms with Gasteiger partial charge in [-0.05, 0) is 13.3 Å². The topological polar surface area (TPSA) is 131 Å². The Hall–Kier alpha value is -1.25. The van der Waals surface area contributed by atoms with Gasteiger partial charge in [-0.3, -0.25) is 18.9 Å². The van der Waals surface area contributed by atoms with Gasteiger partial charge in [0.1, 0.15) is 6.23 Å². The molecule has 112 valence electrons. The lowest BCUT2D eigenvalue weighted by atomic mass is 10.3. The second-order valence-corrected chi connectivity index (χ2v) is 6.12. The molecular weight excluding hydrogens is 291 g/mol. The number of H-pyrrole nitrogens is 1. The Morgan fingerprint density at radius 2 is 2.20 bits per heavy atom. The molecule has 0 radical (unpaired) electrons. The van der Waals surface area contributed by atoms with E-state index < -0.39 is 37.7 Å². The van der Waals surface area contributed by atoms with Crippen molar-refractivity contribution in [2.75, 3.05) is 6.35 Å². The molecule has 2 heterocycles. The molecule has 2 rings (SSSR count). The summed E-state index contributed by atoms with van der Waals surface area (Å²) in [7, 11) is -4.25. The normalized spacial score (nSPS) is 23.1. The molecule has 1 aliphatic rings. The Balaban J connectivity index is 2.06. The molecule has 0 bridgehead atoms. The van der Waals surface area contributed by atoms with Gasteiger partial charge in [-0.25, -0.2) is 4.79 Å². The van der Waals surface area contributed by atoms with Crippen LogP contribution in [-0.2, 0) is 14.0 Å². The number of nitrogens with one attached hydrogen (secondary N) is 1. The molecule has 1 aliphatic heterocycles. The average molecular weight is 306 g/mol. The highest BCUT2D eigenvalue weighted by atomic mass is 31.2. The molecule has 1 unspecified atom stereocenters. The maximum absolute atomic E-state index is 11.7. The van der Waals surface area contributed by atoms with Crippen molar-refractivity contribution in [1.82, 2.24) is 9.55 Å². The van der Waals surface area contributed by atoms with Gasteiger partial charge in [-0.2, -0.15) is 0 Å². The Kier molecular flexibility index (Phi) is 4.26. The molecule has 0 amide bonds. The molecule has 1 fully saturated rings. The monoisotopic (exact) mass is 306 g/mol. The number of ether oxygens (including phenoxy) is 2. The lowest BCUT2D eigenvalue weighted by molar-refractivity contribution is -0.142. The Bertz CT molecular complexity index is 646. The van der Waals surface area contributed by atoms with Gasteiger partial charge in [0, 0.05) is 18.2 Å². The van der Waals surface area contributed by atoms with Crippen LogP contribution in [0.5, 0.6) is 0 Å². The average Bonchev–Trinajstić information content (AvgIpc) is 2.79. The smallest absolute Gasteiger partial charge is 0.340 e. The zero-order valence-electron chi connectivity index (χ0n) is 10.7. The van der Waals surface area contributed by atoms with Crippen LogP contribution in [0.25, 0.3) is 0 Å². The third-order valence-electron chi connectivity index (χ3n) is 2.84. The molecule has 1 aromatic heterocycles. The van der Waals surface area contributed by atoms with E-state index in [2.05, 4.69) is 4.98 Å². The van der Waals surface area contributed by atoms with Crippen molar-refractivity contribution in [3.05, 3.63) is 32.6 Å². The first kappa shape index (κ1) is 15.1. The lowest BCUT2D eigenvalue weighted by Gasteiger charge is -2.16. The highest BCUT2D eigenvalue weighted by Gasteiger charge is 2.29. The second-order valence-electron chi connectivity index (χ2n) is 4.54. The Morgan fingerprint density at radius 3 is 2.85 bits per heavy atom. The van der Waals surface area contributed by atoms with Crippen LogP contribution in [0.2, 0.25) is 0 Å². The van der Waals surface area contributed by atoms with E-state index in [1.165, 1.54) is 10.8 Å². The van der Waals surface area contributed by atoms with Crippen LogP contribution in [0.3, 0.4) is 0 Å². The molecular formula is C10H15N2O7P. The van der Waals surface area contributed by atoms with Crippen molar-refractivity contribution in [3.63, 3.8) is 0 Å². The molecule has 3 N–H and O–H groups in total. The largest absolute Gasteiger partial charge is 0.351 e. The van der Waals surface area contributed by atoms with Crippen LogP contribution in [0.1, 0.15) is 24.6 Å². The zero-order chi connectivity index (χ0) is 14.9. The van der Waals surface area contributed by atoms with E-state index in [4.69, 9.17) is 19.3 Å². The quantitative estimate of drug-likeness (QED) is 0.647. The fourth-order valence-electron chi connectivity index (χ4n) is 1.90. The standard InChI is InChI=1S/C10H15N2O7P/c1-6-4-12(10(14)11-9(6)13)7-2-3-8(19-7)18-5-20(15,16)17/h4,7-8H,2-3,5H2,1H3,(H,11,13,14)(H2,15,16,17)/t7-,8?/m1/s1. The second kappa shape index (κ2) is 5.63. The summed E-state index contributed by atoms with van der Waals surface area (Å²) in [5.74, 6) is 0. The fraction of sp³-hybridized carbons (Fsp3) is 0.600. The van der Waals surface area contributed by atoms with Gasteiger partial charge in [0.15, 0.2) is 12.6 Å². The van der Waals surface area contributed by atoms with Crippen LogP contribution in [-0.4, -0.2) is 32.0 Å². The molecule has 1 aromatic rings. The zero-order valence-corrected chi connectivity index (χ0v) is 11.6. The van der Waals surface area contributed by atoms with Gasteiger partial charge in [-0.1, -0.05) is 0 Å². The molecule has 0 saturated carbocycles. The highest BCUT2D eigenvalue weighted by Crippen LogP contribution is 2.36. The van der Waals surface area contributed by atoms with E-state index in [1.54, 1.807) is 6.92 Å². The van der Waals surface area contributed by atoms with Crippen molar-refractivity contribution < 1.29 is 23.8 Å².